The van der Waals surface area contributed by atoms with E-state index in [1.807, 2.05) is 0 Å². The van der Waals surface area contributed by atoms with E-state index in [4.69, 9.17) is 0 Å². The fourth-order valence-electron chi connectivity index (χ4n) is 2.75. The van der Waals surface area contributed by atoms with Gasteiger partial charge in [-0.25, -0.2) is 0 Å². The molecule has 0 aromatic heterocycles. The smallest absolute Gasteiger partial charge is 0.0384 e. The molecular formula is C15H32. The van der Waals surface area contributed by atoms with Gasteiger partial charge in [0.2, 0.25) is 0 Å². The molecule has 92 valence electrons. The molecule has 0 aliphatic heterocycles. The highest BCUT2D eigenvalue weighted by Crippen LogP contribution is 2.32. The van der Waals surface area contributed by atoms with Crippen molar-refractivity contribution in [3.8, 4) is 0 Å². The van der Waals surface area contributed by atoms with Crippen LogP contribution in [0.5, 0.6) is 0 Å². The molecule has 3 unspecified atom stereocenters. The Morgan fingerprint density at radius 1 is 0.800 bits per heavy atom. The third-order valence-electron chi connectivity index (χ3n) is 3.82. The van der Waals surface area contributed by atoms with Crippen LogP contribution in [0.15, 0.2) is 0 Å². The van der Waals surface area contributed by atoms with E-state index in [1.54, 1.807) is 0 Å². The molecule has 0 aliphatic rings. The minimum absolute atomic E-state index is 0.859. The molecule has 0 fully saturated rings. The molecule has 0 aromatic rings. The molecule has 0 spiro atoms. The monoisotopic (exact) mass is 212 g/mol. The maximum Gasteiger partial charge on any atom is -0.0384 e. The summed E-state index contributed by atoms with van der Waals surface area (Å²) in [5, 5.41) is 0. The number of hydrogen-bond donors (Lipinski definition) is 0. The zero-order valence-electron chi connectivity index (χ0n) is 11.8. The van der Waals surface area contributed by atoms with Gasteiger partial charge in [0.25, 0.3) is 0 Å². The zero-order valence-corrected chi connectivity index (χ0v) is 11.8. The van der Waals surface area contributed by atoms with Gasteiger partial charge in [-0.3, -0.25) is 0 Å². The van der Waals surface area contributed by atoms with Gasteiger partial charge in [-0.1, -0.05) is 67.2 Å². The van der Waals surface area contributed by atoms with Crippen LogP contribution in [0.3, 0.4) is 0 Å². The Balaban J connectivity index is 4.19. The van der Waals surface area contributed by atoms with Crippen molar-refractivity contribution >= 4 is 0 Å². The summed E-state index contributed by atoms with van der Waals surface area (Å²) < 4.78 is 0. The molecule has 0 saturated carbocycles. The zero-order chi connectivity index (χ0) is 11.8. The minimum atomic E-state index is 0.859. The van der Waals surface area contributed by atoms with Crippen molar-refractivity contribution in [3.63, 3.8) is 0 Å². The van der Waals surface area contributed by atoms with Crippen molar-refractivity contribution in [2.75, 3.05) is 0 Å². The maximum absolute atomic E-state index is 2.48. The van der Waals surface area contributed by atoms with Crippen molar-refractivity contribution in [2.45, 2.75) is 73.6 Å². The third kappa shape index (κ3) is 6.22. The molecular weight excluding hydrogens is 180 g/mol. The molecule has 0 saturated heterocycles. The Bertz CT molecular complexity index is 137. The SMILES string of the molecule is CCCC(C)C(C)C(CCC)CC(C)C. The van der Waals surface area contributed by atoms with Gasteiger partial charge < -0.3 is 0 Å². The Labute approximate surface area is 97.8 Å². The molecule has 15 heavy (non-hydrogen) atoms. The largest absolute Gasteiger partial charge is 0.0654 e. The topological polar surface area (TPSA) is 0 Å². The molecule has 0 bridgehead atoms. The van der Waals surface area contributed by atoms with Gasteiger partial charge in [0, 0.05) is 0 Å². The van der Waals surface area contributed by atoms with Crippen LogP contribution in [0.25, 0.3) is 0 Å². The summed E-state index contributed by atoms with van der Waals surface area (Å²) in [6.07, 6.45) is 6.93. The first-order valence-electron chi connectivity index (χ1n) is 7.02. The Morgan fingerprint density at radius 3 is 1.73 bits per heavy atom. The summed E-state index contributed by atoms with van der Waals surface area (Å²) in [4.78, 5) is 0. The van der Waals surface area contributed by atoms with Gasteiger partial charge in [0.15, 0.2) is 0 Å². The van der Waals surface area contributed by atoms with E-state index in [2.05, 4.69) is 41.5 Å². The highest BCUT2D eigenvalue weighted by molar-refractivity contribution is 4.72. The van der Waals surface area contributed by atoms with Gasteiger partial charge in [-0.15, -0.1) is 0 Å². The molecule has 0 radical (unpaired) electrons. The van der Waals surface area contributed by atoms with Crippen LogP contribution in [0, 0.1) is 23.7 Å². The van der Waals surface area contributed by atoms with Crippen molar-refractivity contribution < 1.29 is 0 Å². The summed E-state index contributed by atoms with van der Waals surface area (Å²) in [5.74, 6) is 3.63. The summed E-state index contributed by atoms with van der Waals surface area (Å²) in [7, 11) is 0. The standard InChI is InChI=1S/C15H32/c1-7-9-13(5)14(6)15(10-8-2)11-12(3)4/h12-15H,7-11H2,1-6H3. The third-order valence-corrected chi connectivity index (χ3v) is 3.82. The molecule has 0 heteroatoms. The van der Waals surface area contributed by atoms with Crippen molar-refractivity contribution in [2.24, 2.45) is 23.7 Å². The average molecular weight is 212 g/mol. The fraction of sp³-hybridized carbons (Fsp3) is 1.00. The van der Waals surface area contributed by atoms with Gasteiger partial charge in [0.1, 0.15) is 0 Å². The molecule has 0 nitrogen and oxygen atoms in total. The van der Waals surface area contributed by atoms with E-state index >= 15 is 0 Å². The Morgan fingerprint density at radius 2 is 1.33 bits per heavy atom. The van der Waals surface area contributed by atoms with Crippen LogP contribution in [-0.4, -0.2) is 0 Å². The van der Waals surface area contributed by atoms with Gasteiger partial charge in [-0.05, 0) is 30.1 Å². The molecule has 0 heterocycles. The van der Waals surface area contributed by atoms with E-state index in [-0.39, 0.29) is 0 Å². The van der Waals surface area contributed by atoms with Crippen molar-refractivity contribution in [3.05, 3.63) is 0 Å². The summed E-state index contributed by atoms with van der Waals surface area (Å²) in [5.41, 5.74) is 0. The second-order valence-corrected chi connectivity index (χ2v) is 5.80. The fourth-order valence-corrected chi connectivity index (χ4v) is 2.75. The van der Waals surface area contributed by atoms with E-state index in [9.17, 15) is 0 Å². The first-order valence-corrected chi connectivity index (χ1v) is 7.02. The molecule has 0 aliphatic carbocycles. The number of hydrogen-bond acceptors (Lipinski definition) is 0. The lowest BCUT2D eigenvalue weighted by atomic mass is 9.76. The first kappa shape index (κ1) is 15.0. The number of rotatable bonds is 8. The van der Waals surface area contributed by atoms with Crippen LogP contribution in [0.2, 0.25) is 0 Å². The average Bonchev–Trinajstić information content (AvgIpc) is 2.16. The highest BCUT2D eigenvalue weighted by atomic mass is 14.3. The van der Waals surface area contributed by atoms with E-state index in [1.165, 1.54) is 32.1 Å². The minimum Gasteiger partial charge on any atom is -0.0654 e. The summed E-state index contributed by atoms with van der Waals surface area (Å²) in [6, 6.07) is 0. The molecule has 0 amide bonds. The Hall–Kier alpha value is 0. The quantitative estimate of drug-likeness (QED) is 0.497. The molecule has 3 atom stereocenters. The molecule has 0 rings (SSSR count). The predicted molar refractivity (Wildman–Crippen MR) is 71.1 cm³/mol. The highest BCUT2D eigenvalue weighted by Gasteiger charge is 2.22. The van der Waals surface area contributed by atoms with Gasteiger partial charge in [0.05, 0.1) is 0 Å². The van der Waals surface area contributed by atoms with Crippen LogP contribution in [0.1, 0.15) is 73.6 Å². The van der Waals surface area contributed by atoms with Gasteiger partial charge in [-0.2, -0.15) is 0 Å². The van der Waals surface area contributed by atoms with Crippen LogP contribution in [-0.2, 0) is 0 Å². The van der Waals surface area contributed by atoms with E-state index in [0.29, 0.717) is 0 Å². The second kappa shape index (κ2) is 8.19. The lowest BCUT2D eigenvalue weighted by Gasteiger charge is -2.30. The van der Waals surface area contributed by atoms with E-state index in [0.717, 1.165) is 23.7 Å². The Kier molecular flexibility index (Phi) is 8.19. The second-order valence-electron chi connectivity index (χ2n) is 5.80. The summed E-state index contributed by atoms with van der Waals surface area (Å²) in [6.45, 7) is 14.3. The predicted octanol–water partition coefficient (Wildman–Crippen LogP) is 5.52. The normalized spacial score (nSPS) is 17.8. The van der Waals surface area contributed by atoms with Crippen molar-refractivity contribution in [1.29, 1.82) is 0 Å². The summed E-state index contributed by atoms with van der Waals surface area (Å²) >= 11 is 0. The lowest BCUT2D eigenvalue weighted by molar-refractivity contribution is 0.205. The lowest BCUT2D eigenvalue weighted by Crippen LogP contribution is -2.20. The van der Waals surface area contributed by atoms with Crippen LogP contribution < -0.4 is 0 Å². The maximum atomic E-state index is 2.48. The van der Waals surface area contributed by atoms with E-state index < -0.39 is 0 Å². The van der Waals surface area contributed by atoms with Gasteiger partial charge >= 0.3 is 0 Å². The molecule has 0 N–H and O–H groups in total. The van der Waals surface area contributed by atoms with Crippen molar-refractivity contribution in [1.82, 2.24) is 0 Å². The molecule has 0 aromatic carbocycles. The first-order chi connectivity index (χ1) is 7.02. The van der Waals surface area contributed by atoms with Crippen LogP contribution in [0.4, 0.5) is 0 Å². The van der Waals surface area contributed by atoms with Crippen LogP contribution >= 0.6 is 0 Å².